The molecular formula is C108H102N12. The minimum atomic E-state index is -0.309. The fourth-order valence-corrected chi connectivity index (χ4v) is 14.9. The van der Waals surface area contributed by atoms with E-state index in [2.05, 4.69) is 398 Å². The summed E-state index contributed by atoms with van der Waals surface area (Å²) in [5, 5.41) is 0. The minimum absolute atomic E-state index is 0.0242. The largest absolute Gasteiger partial charge is 0.255 e. The van der Waals surface area contributed by atoms with Gasteiger partial charge in [0, 0.05) is 84.9 Å². The van der Waals surface area contributed by atoms with E-state index in [4.69, 9.17) is 59.8 Å². The van der Waals surface area contributed by atoms with Gasteiger partial charge in [-0.15, -0.1) is 0 Å². The van der Waals surface area contributed by atoms with E-state index in [0.29, 0.717) is 34.9 Å². The van der Waals surface area contributed by atoms with Crippen LogP contribution < -0.4 is 0 Å². The van der Waals surface area contributed by atoms with Gasteiger partial charge in [0.15, 0.2) is 34.9 Å². The van der Waals surface area contributed by atoms with Gasteiger partial charge in [-0.1, -0.05) is 343 Å². The Morgan fingerprint density at radius 1 is 0.158 bits per heavy atom. The van der Waals surface area contributed by atoms with Crippen LogP contribution in [0.3, 0.4) is 0 Å². The number of hydrogen-bond donors (Lipinski definition) is 0. The van der Waals surface area contributed by atoms with Crippen LogP contribution in [0.2, 0.25) is 0 Å². The summed E-state index contributed by atoms with van der Waals surface area (Å²) < 4.78 is 0. The summed E-state index contributed by atoms with van der Waals surface area (Å²) in [6.07, 6.45) is 5.63. The van der Waals surface area contributed by atoms with Crippen molar-refractivity contribution in [3.63, 3.8) is 0 Å². The van der Waals surface area contributed by atoms with E-state index in [-0.39, 0.29) is 32.5 Å². The Bertz CT molecular complexity index is 5770. The molecule has 594 valence electrons. The summed E-state index contributed by atoms with van der Waals surface area (Å²) >= 11 is 0. The van der Waals surface area contributed by atoms with Gasteiger partial charge in [0.25, 0.3) is 0 Å². The molecule has 12 nitrogen and oxygen atoms in total. The van der Waals surface area contributed by atoms with Gasteiger partial charge in [0.05, 0.1) is 17.1 Å². The minimum Gasteiger partial charge on any atom is -0.255 e. The molecule has 0 atom stereocenters. The maximum Gasteiger partial charge on any atom is 0.165 e. The lowest BCUT2D eigenvalue weighted by Crippen LogP contribution is -2.18. The molecule has 6 aromatic heterocycles. The molecular weight excluding hydrogens is 1470 g/mol. The number of pyridine rings is 3. The standard InChI is InChI=1S/C108H102N12/c1-103(2,3)82-52-43-73(44-53-82)94-112-97(118-100(115-94)106(10,11)12)76-49-58-91(109-64-76)70-37-31-67(32-38-70)85-25-19-22-28-88(85)79-61-80(89-29-23-20-26-86(89)68-33-39-71(40-34-68)92-59-50-77(65-110-92)98-113-95(116-101(119-98)107(13,14)15)74-45-54-83(55-46-74)104(4,5)6)63-81(62-79)90-30-24-21-27-87(90)69-35-41-72(42-36-69)93-60-51-78(66-111-93)99-114-96(117-102(120-99)108(16,17)18)75-47-56-84(57-48-75)105(7,8)9/h19-66H,1-18H3. The van der Waals surface area contributed by atoms with E-state index in [1.54, 1.807) is 0 Å². The molecule has 0 unspecified atom stereocenters. The third-order valence-electron chi connectivity index (χ3n) is 22.1. The van der Waals surface area contributed by atoms with Gasteiger partial charge >= 0.3 is 0 Å². The number of rotatable bonds is 15. The van der Waals surface area contributed by atoms with E-state index in [1.165, 1.54) is 16.7 Å². The summed E-state index contributed by atoms with van der Waals surface area (Å²) in [5.41, 5.74) is 26.8. The van der Waals surface area contributed by atoms with E-state index < -0.39 is 0 Å². The molecule has 0 amide bonds. The van der Waals surface area contributed by atoms with Crippen molar-refractivity contribution in [1.82, 2.24) is 59.8 Å². The van der Waals surface area contributed by atoms with Crippen LogP contribution in [0.5, 0.6) is 0 Å². The summed E-state index contributed by atoms with van der Waals surface area (Å²) in [5.74, 6) is 5.87. The van der Waals surface area contributed by atoms with Crippen LogP contribution in [-0.4, -0.2) is 59.8 Å². The smallest absolute Gasteiger partial charge is 0.165 e. The second-order valence-electron chi connectivity index (χ2n) is 37.6. The average Bonchev–Trinajstić information content (AvgIpc) is 0.775. The second-order valence-corrected chi connectivity index (χ2v) is 37.6. The van der Waals surface area contributed by atoms with Crippen molar-refractivity contribution < 1.29 is 0 Å². The van der Waals surface area contributed by atoms with Crippen LogP contribution in [0, 0.1) is 0 Å². The van der Waals surface area contributed by atoms with E-state index >= 15 is 0 Å². The summed E-state index contributed by atoms with van der Waals surface area (Å²) in [4.78, 5) is 60.4. The Morgan fingerprint density at radius 3 is 0.533 bits per heavy atom. The molecule has 0 bridgehead atoms. The summed E-state index contributed by atoms with van der Waals surface area (Å²) in [6, 6.07) is 97.7. The molecule has 0 N–H and O–H groups in total. The van der Waals surface area contributed by atoms with Crippen LogP contribution >= 0.6 is 0 Å². The number of benzene rings is 10. The van der Waals surface area contributed by atoms with Crippen molar-refractivity contribution in [1.29, 1.82) is 0 Å². The third kappa shape index (κ3) is 17.5. The Labute approximate surface area is 707 Å². The Morgan fingerprint density at radius 2 is 0.342 bits per heavy atom. The van der Waals surface area contributed by atoms with Crippen LogP contribution in [-0.2, 0) is 32.5 Å². The SMILES string of the molecule is CC(C)(C)c1ccc(-c2nc(-c3ccc(-c4ccc(-c5ccccc5-c5cc(-c6ccccc6-c6ccc(-c7ccc(-c8nc(-c9ccc(C(C)(C)C)cc9)nc(C(C)(C)C)n8)cn7)cc6)cc(-c6ccccc6-c6ccc(-c7ccc(-c8nc(-c9ccc(C(C)(C)C)cc9)nc(C(C)(C)C)n8)cn7)cc6)c5)cc4)nc3)nc(C(C)(C)C)n2)cc1. The highest BCUT2D eigenvalue weighted by Crippen LogP contribution is 2.45. The van der Waals surface area contributed by atoms with E-state index in [9.17, 15) is 0 Å². The third-order valence-corrected chi connectivity index (χ3v) is 22.1. The second kappa shape index (κ2) is 31.9. The quantitative estimate of drug-likeness (QED) is 0.0959. The van der Waals surface area contributed by atoms with Crippen LogP contribution in [0.15, 0.2) is 292 Å². The maximum absolute atomic E-state index is 5.05. The molecule has 0 aliphatic carbocycles. The maximum atomic E-state index is 5.05. The first-order valence-electron chi connectivity index (χ1n) is 41.5. The summed E-state index contributed by atoms with van der Waals surface area (Å²) in [6.45, 7) is 39.2. The number of aromatic nitrogens is 12. The number of nitrogens with zero attached hydrogens (tertiary/aromatic N) is 12. The molecule has 0 radical (unpaired) electrons. The van der Waals surface area contributed by atoms with Gasteiger partial charge in [-0.3, -0.25) is 15.0 Å². The Hall–Kier alpha value is -13.3. The van der Waals surface area contributed by atoms with Gasteiger partial charge < -0.3 is 0 Å². The lowest BCUT2D eigenvalue weighted by Gasteiger charge is -2.20. The first-order valence-corrected chi connectivity index (χ1v) is 41.5. The molecule has 12 heteroatoms. The highest BCUT2D eigenvalue weighted by Gasteiger charge is 2.28. The van der Waals surface area contributed by atoms with E-state index in [1.807, 2.05) is 18.6 Å². The first-order chi connectivity index (χ1) is 57.2. The Kier molecular flexibility index (Phi) is 21.4. The zero-order valence-electron chi connectivity index (χ0n) is 72.1. The lowest BCUT2D eigenvalue weighted by molar-refractivity contribution is 0.543. The van der Waals surface area contributed by atoms with Crippen molar-refractivity contribution >= 4 is 0 Å². The molecule has 0 aliphatic rings. The van der Waals surface area contributed by atoms with Gasteiger partial charge in [0.2, 0.25) is 0 Å². The van der Waals surface area contributed by atoms with Crippen LogP contribution in [0.4, 0.5) is 0 Å². The predicted molar refractivity (Wildman–Crippen MR) is 494 cm³/mol. The lowest BCUT2D eigenvalue weighted by atomic mass is 9.86. The van der Waals surface area contributed by atoms with Gasteiger partial charge in [0.1, 0.15) is 17.5 Å². The van der Waals surface area contributed by atoms with Gasteiger partial charge in [-0.2, -0.15) is 0 Å². The van der Waals surface area contributed by atoms with Crippen LogP contribution in [0.1, 0.15) is 159 Å². The van der Waals surface area contributed by atoms with Gasteiger partial charge in [-0.25, -0.2) is 44.9 Å². The topological polar surface area (TPSA) is 155 Å². The summed E-state index contributed by atoms with van der Waals surface area (Å²) in [7, 11) is 0. The highest BCUT2D eigenvalue weighted by atomic mass is 15.1. The molecule has 10 aromatic carbocycles. The van der Waals surface area contributed by atoms with Crippen molar-refractivity contribution in [2.75, 3.05) is 0 Å². The molecule has 0 spiro atoms. The van der Waals surface area contributed by atoms with Gasteiger partial charge in [-0.05, 0) is 154 Å². The van der Waals surface area contributed by atoms with Crippen molar-refractivity contribution in [2.24, 2.45) is 0 Å². The molecule has 0 saturated heterocycles. The fourth-order valence-electron chi connectivity index (χ4n) is 14.9. The van der Waals surface area contributed by atoms with Crippen molar-refractivity contribution in [2.45, 2.75) is 157 Å². The van der Waals surface area contributed by atoms with Crippen molar-refractivity contribution in [3.8, 4) is 169 Å². The predicted octanol–water partition coefficient (Wildman–Crippen LogP) is 27.2. The molecule has 6 heterocycles. The van der Waals surface area contributed by atoms with Crippen molar-refractivity contribution in [3.05, 3.63) is 326 Å². The monoisotopic (exact) mass is 1570 g/mol. The molecule has 0 fully saturated rings. The number of hydrogen-bond acceptors (Lipinski definition) is 12. The first kappa shape index (κ1) is 80.5. The fraction of sp³-hybridized carbons (Fsp3) is 0.222. The average molecular weight is 1570 g/mol. The highest BCUT2D eigenvalue weighted by molar-refractivity contribution is 5.95. The van der Waals surface area contributed by atoms with Crippen LogP contribution in [0.25, 0.3) is 169 Å². The molecule has 120 heavy (non-hydrogen) atoms. The molecule has 16 rings (SSSR count). The zero-order valence-corrected chi connectivity index (χ0v) is 72.1. The zero-order chi connectivity index (χ0) is 84.2. The van der Waals surface area contributed by atoms with E-state index in [0.717, 1.165) is 151 Å². The normalized spacial score (nSPS) is 12.2. The molecule has 16 aromatic rings. The molecule has 0 saturated carbocycles. The molecule has 0 aliphatic heterocycles. The Balaban J connectivity index is 0.728.